The van der Waals surface area contributed by atoms with Crippen molar-refractivity contribution in [1.29, 1.82) is 0 Å². The lowest BCUT2D eigenvalue weighted by atomic mass is 10.6. The van der Waals surface area contributed by atoms with E-state index in [1.165, 1.54) is 0 Å². The van der Waals surface area contributed by atoms with E-state index in [2.05, 4.69) is 4.52 Å². The van der Waals surface area contributed by atoms with E-state index in [-0.39, 0.29) is 13.2 Å². The molecule has 0 saturated heterocycles. The fourth-order valence-corrected chi connectivity index (χ4v) is 0.857. The van der Waals surface area contributed by atoms with Gasteiger partial charge in [0, 0.05) is 13.2 Å². The molecule has 0 aromatic heterocycles. The molecule has 0 amide bonds. The summed E-state index contributed by atoms with van der Waals surface area (Å²) in [5, 5.41) is 0. The van der Waals surface area contributed by atoms with E-state index in [1.54, 1.807) is 13.8 Å². The first-order valence-electron chi connectivity index (χ1n) is 3.74. The van der Waals surface area contributed by atoms with Crippen LogP contribution in [0.2, 0.25) is 0 Å². The third-order valence-corrected chi connectivity index (χ3v) is 1.34. The van der Waals surface area contributed by atoms with Gasteiger partial charge in [-0.15, -0.1) is 0 Å². The molecule has 0 heterocycles. The van der Waals surface area contributed by atoms with Crippen LogP contribution >= 0.6 is 8.60 Å². The number of rotatable bonds is 6. The Kier molecular flexibility index (Phi) is 7.03. The van der Waals surface area contributed by atoms with E-state index >= 15 is 0 Å². The minimum atomic E-state index is -2.70. The maximum absolute atomic E-state index is 11.0. The van der Waals surface area contributed by atoms with Crippen LogP contribution in [0.25, 0.3) is 0 Å². The van der Waals surface area contributed by atoms with E-state index in [4.69, 9.17) is 19.3 Å². The van der Waals surface area contributed by atoms with Crippen LogP contribution in [0, 0.1) is 0 Å². The highest BCUT2D eigenvalue weighted by Gasteiger charge is 2.23. The van der Waals surface area contributed by atoms with Crippen LogP contribution in [0.15, 0.2) is 0 Å². The fraction of sp³-hybridized carbons (Fsp3) is 0.833. The summed E-state index contributed by atoms with van der Waals surface area (Å²) in [6.07, 6.45) is -1.18. The fourth-order valence-electron chi connectivity index (χ4n) is 0.610. The van der Waals surface area contributed by atoms with Gasteiger partial charge in [0.25, 0.3) is 6.29 Å². The van der Waals surface area contributed by atoms with Crippen molar-refractivity contribution >= 4 is 14.6 Å². The Bertz CT molecular complexity index is 144. The Balaban J connectivity index is 3.95. The number of ether oxygens (including phenoxy) is 2. The third kappa shape index (κ3) is 5.90. The van der Waals surface area contributed by atoms with Crippen molar-refractivity contribution in [3.63, 3.8) is 0 Å². The van der Waals surface area contributed by atoms with Crippen LogP contribution in [0.4, 0.5) is 0 Å². The molecule has 0 unspecified atom stereocenters. The molecular weight excluding hydrogens is 199 g/mol. The van der Waals surface area contributed by atoms with Gasteiger partial charge >= 0.3 is 14.6 Å². The molecule has 2 N–H and O–H groups in total. The van der Waals surface area contributed by atoms with Crippen molar-refractivity contribution in [2.24, 2.45) is 0 Å². The van der Waals surface area contributed by atoms with Crippen LogP contribution in [-0.4, -0.2) is 35.3 Å². The zero-order chi connectivity index (χ0) is 10.3. The van der Waals surface area contributed by atoms with Gasteiger partial charge in [0.1, 0.15) is 0 Å². The predicted molar refractivity (Wildman–Crippen MR) is 44.5 cm³/mol. The largest absolute Gasteiger partial charge is 0.393 e. The summed E-state index contributed by atoms with van der Waals surface area (Å²) >= 11 is 0. The standard InChI is InChI=1S/C6H13O6P/c1-3-10-6(11-4-2)5(7)12-13(8)9/h6,8-9H,3-4H2,1-2H3. The SMILES string of the molecule is CCOC(OCC)C(=O)OP(O)O. The predicted octanol–water partition coefficient (Wildman–Crippen LogP) is 0.140. The molecule has 78 valence electrons. The van der Waals surface area contributed by atoms with E-state index in [0.717, 1.165) is 0 Å². The van der Waals surface area contributed by atoms with E-state index in [1.807, 2.05) is 0 Å². The van der Waals surface area contributed by atoms with Gasteiger partial charge < -0.3 is 23.8 Å². The summed E-state index contributed by atoms with van der Waals surface area (Å²) in [5.41, 5.74) is 0. The molecule has 0 aromatic rings. The van der Waals surface area contributed by atoms with Gasteiger partial charge in [-0.25, -0.2) is 4.79 Å². The Morgan fingerprint density at radius 2 is 1.77 bits per heavy atom. The zero-order valence-electron chi connectivity index (χ0n) is 7.47. The minimum Gasteiger partial charge on any atom is -0.391 e. The zero-order valence-corrected chi connectivity index (χ0v) is 8.36. The molecular formula is C6H13O6P. The molecule has 0 saturated carbocycles. The van der Waals surface area contributed by atoms with Gasteiger partial charge in [0.15, 0.2) is 0 Å². The molecule has 7 heteroatoms. The Hall–Kier alpha value is -0.260. The van der Waals surface area contributed by atoms with Crippen molar-refractivity contribution in [3.8, 4) is 0 Å². The molecule has 0 radical (unpaired) electrons. The smallest absolute Gasteiger partial charge is 0.391 e. The molecule has 0 aliphatic carbocycles. The van der Waals surface area contributed by atoms with E-state index < -0.39 is 20.9 Å². The Morgan fingerprint density at radius 3 is 2.08 bits per heavy atom. The molecule has 0 fully saturated rings. The average Bonchev–Trinajstić information content (AvgIpc) is 2.02. The molecule has 6 nitrogen and oxygen atoms in total. The second-order valence-electron chi connectivity index (χ2n) is 1.91. The monoisotopic (exact) mass is 212 g/mol. The number of hydrogen-bond acceptors (Lipinski definition) is 6. The highest BCUT2D eigenvalue weighted by molar-refractivity contribution is 7.40. The van der Waals surface area contributed by atoms with Crippen molar-refractivity contribution in [3.05, 3.63) is 0 Å². The maximum atomic E-state index is 11.0. The number of carbonyl (C=O) groups is 1. The molecule has 0 aromatic carbocycles. The minimum absolute atomic E-state index is 0.272. The van der Waals surface area contributed by atoms with Crippen LogP contribution < -0.4 is 0 Å². The lowest BCUT2D eigenvalue weighted by molar-refractivity contribution is -0.184. The quantitative estimate of drug-likeness (QED) is 0.481. The summed E-state index contributed by atoms with van der Waals surface area (Å²) in [6, 6.07) is 0. The second kappa shape index (κ2) is 7.17. The van der Waals surface area contributed by atoms with Gasteiger partial charge in [-0.2, -0.15) is 0 Å². The van der Waals surface area contributed by atoms with E-state index in [9.17, 15) is 4.79 Å². The van der Waals surface area contributed by atoms with Crippen LogP contribution in [0.3, 0.4) is 0 Å². The topological polar surface area (TPSA) is 85.2 Å². The highest BCUT2D eigenvalue weighted by Crippen LogP contribution is 2.25. The normalized spacial score (nSPS) is 10.9. The van der Waals surface area contributed by atoms with Gasteiger partial charge in [0.05, 0.1) is 0 Å². The number of hydrogen-bond donors (Lipinski definition) is 2. The van der Waals surface area contributed by atoms with Gasteiger partial charge in [-0.1, -0.05) is 0 Å². The van der Waals surface area contributed by atoms with Gasteiger partial charge in [-0.3, -0.25) is 0 Å². The Morgan fingerprint density at radius 1 is 1.31 bits per heavy atom. The van der Waals surface area contributed by atoms with E-state index in [0.29, 0.717) is 0 Å². The van der Waals surface area contributed by atoms with Crippen molar-refractivity contribution < 1.29 is 28.6 Å². The lowest BCUT2D eigenvalue weighted by Gasteiger charge is -2.14. The van der Waals surface area contributed by atoms with Crippen molar-refractivity contribution in [2.75, 3.05) is 13.2 Å². The molecule has 0 atom stereocenters. The first-order valence-corrected chi connectivity index (χ1v) is 4.91. The maximum Gasteiger partial charge on any atom is 0.393 e. The van der Waals surface area contributed by atoms with Crippen molar-refractivity contribution in [1.82, 2.24) is 0 Å². The number of carbonyl (C=O) groups excluding carboxylic acids is 1. The lowest BCUT2D eigenvalue weighted by Crippen LogP contribution is -2.28. The molecule has 0 spiro atoms. The van der Waals surface area contributed by atoms with Crippen LogP contribution in [-0.2, 0) is 18.8 Å². The first-order chi connectivity index (χ1) is 6.11. The molecule has 13 heavy (non-hydrogen) atoms. The molecule has 0 bridgehead atoms. The molecule has 0 aliphatic heterocycles. The summed E-state index contributed by atoms with van der Waals surface area (Å²) in [6.45, 7) is 3.91. The van der Waals surface area contributed by atoms with Crippen molar-refractivity contribution in [2.45, 2.75) is 20.1 Å². The summed E-state index contributed by atoms with van der Waals surface area (Å²) in [4.78, 5) is 27.7. The summed E-state index contributed by atoms with van der Waals surface area (Å²) in [5.74, 6) is -0.931. The van der Waals surface area contributed by atoms with Crippen LogP contribution in [0.1, 0.15) is 13.8 Å². The molecule has 0 rings (SSSR count). The van der Waals surface area contributed by atoms with Gasteiger partial charge in [-0.05, 0) is 13.8 Å². The van der Waals surface area contributed by atoms with Crippen LogP contribution in [0.5, 0.6) is 0 Å². The first kappa shape index (κ1) is 12.7. The summed E-state index contributed by atoms with van der Waals surface area (Å²) < 4.78 is 13.8. The summed E-state index contributed by atoms with van der Waals surface area (Å²) in [7, 11) is -2.70. The highest BCUT2D eigenvalue weighted by atomic mass is 31.2. The average molecular weight is 212 g/mol. The molecule has 0 aliphatic rings. The second-order valence-corrected chi connectivity index (χ2v) is 2.59. The third-order valence-electron chi connectivity index (χ3n) is 1.00. The van der Waals surface area contributed by atoms with Gasteiger partial charge in [0.2, 0.25) is 0 Å². The Labute approximate surface area is 77.4 Å².